The third-order valence-electron chi connectivity index (χ3n) is 3.45. The van der Waals surface area contributed by atoms with Gasteiger partial charge in [0, 0.05) is 6.54 Å². The summed E-state index contributed by atoms with van der Waals surface area (Å²) in [6, 6.07) is 12.8. The first-order valence-electron chi connectivity index (χ1n) is 7.88. The van der Waals surface area contributed by atoms with E-state index in [4.69, 9.17) is 9.47 Å². The average Bonchev–Trinajstić information content (AvgIpc) is 2.53. The van der Waals surface area contributed by atoms with Crippen molar-refractivity contribution in [3.63, 3.8) is 0 Å². The summed E-state index contributed by atoms with van der Waals surface area (Å²) in [5, 5.41) is 3.33. The number of hydrogen-bond acceptors (Lipinski definition) is 3. The summed E-state index contributed by atoms with van der Waals surface area (Å²) in [5.41, 5.74) is 1.84. The van der Waals surface area contributed by atoms with E-state index in [0.29, 0.717) is 19.5 Å². The minimum atomic E-state index is -0.147. The van der Waals surface area contributed by atoms with E-state index in [9.17, 15) is 4.39 Å². The number of ether oxygens (including phenoxy) is 2. The highest BCUT2D eigenvalue weighted by Gasteiger charge is 2.07. The van der Waals surface area contributed by atoms with Gasteiger partial charge in [-0.25, -0.2) is 4.39 Å². The number of halogens is 1. The highest BCUT2D eigenvalue weighted by Crippen LogP contribution is 2.28. The summed E-state index contributed by atoms with van der Waals surface area (Å²) < 4.78 is 24.6. The maximum atomic E-state index is 13.5. The minimum Gasteiger partial charge on any atom is -0.493 e. The lowest BCUT2D eigenvalue weighted by Gasteiger charge is -2.14. The third-order valence-corrected chi connectivity index (χ3v) is 3.45. The lowest BCUT2D eigenvalue weighted by molar-refractivity contribution is 0.230. The second-order valence-electron chi connectivity index (χ2n) is 5.67. The Kier molecular flexibility index (Phi) is 6.41. The molecule has 2 rings (SSSR count). The Balaban J connectivity index is 1.87. The Morgan fingerprint density at radius 1 is 1.09 bits per heavy atom. The van der Waals surface area contributed by atoms with Crippen LogP contribution in [0.2, 0.25) is 0 Å². The molecular formula is C19H24FNO2. The molecule has 0 fully saturated rings. The summed E-state index contributed by atoms with van der Waals surface area (Å²) in [4.78, 5) is 0. The minimum absolute atomic E-state index is 0.105. The first kappa shape index (κ1) is 17.3. The number of methoxy groups -OCH3 is 1. The summed E-state index contributed by atoms with van der Waals surface area (Å²) in [5.74, 6) is 1.33. The molecule has 0 heterocycles. The zero-order valence-electron chi connectivity index (χ0n) is 13.9. The van der Waals surface area contributed by atoms with Crippen molar-refractivity contribution in [2.75, 3.05) is 13.7 Å². The van der Waals surface area contributed by atoms with Gasteiger partial charge in [-0.3, -0.25) is 0 Å². The monoisotopic (exact) mass is 317 g/mol. The van der Waals surface area contributed by atoms with Crippen LogP contribution in [-0.4, -0.2) is 19.8 Å². The van der Waals surface area contributed by atoms with Crippen LogP contribution in [0.1, 0.15) is 25.0 Å². The van der Waals surface area contributed by atoms with Crippen molar-refractivity contribution in [3.8, 4) is 11.5 Å². The van der Waals surface area contributed by atoms with E-state index in [2.05, 4.69) is 5.32 Å². The molecular weight excluding hydrogens is 293 g/mol. The summed E-state index contributed by atoms with van der Waals surface area (Å²) in [6.07, 6.45) is 0.770. The van der Waals surface area contributed by atoms with Crippen LogP contribution in [0.3, 0.4) is 0 Å². The molecule has 0 aromatic heterocycles. The second-order valence-corrected chi connectivity index (χ2v) is 5.67. The molecule has 0 bridgehead atoms. The molecule has 0 saturated carbocycles. The van der Waals surface area contributed by atoms with Crippen LogP contribution in [0.15, 0.2) is 42.5 Å². The number of benzene rings is 2. The lowest BCUT2D eigenvalue weighted by Crippen LogP contribution is -2.17. The molecule has 0 aliphatic carbocycles. The van der Waals surface area contributed by atoms with Gasteiger partial charge in [0.1, 0.15) is 5.82 Å². The molecule has 23 heavy (non-hydrogen) atoms. The van der Waals surface area contributed by atoms with Gasteiger partial charge in [0.15, 0.2) is 11.5 Å². The molecule has 0 radical (unpaired) electrons. The van der Waals surface area contributed by atoms with E-state index >= 15 is 0 Å². The number of hydrogen-bond donors (Lipinski definition) is 1. The van der Waals surface area contributed by atoms with Crippen molar-refractivity contribution in [1.29, 1.82) is 0 Å². The lowest BCUT2D eigenvalue weighted by atomic mass is 10.1. The Bertz CT molecular complexity index is 629. The van der Waals surface area contributed by atoms with Gasteiger partial charge in [0.2, 0.25) is 0 Å². The predicted molar refractivity (Wildman–Crippen MR) is 90.6 cm³/mol. The molecule has 4 heteroatoms. The fourth-order valence-corrected chi connectivity index (χ4v) is 2.33. The summed E-state index contributed by atoms with van der Waals surface area (Å²) >= 11 is 0. The zero-order valence-corrected chi connectivity index (χ0v) is 13.9. The Morgan fingerprint density at radius 3 is 2.57 bits per heavy atom. The van der Waals surface area contributed by atoms with E-state index in [1.165, 1.54) is 6.07 Å². The predicted octanol–water partition coefficient (Wildman–Crippen LogP) is 3.95. The van der Waals surface area contributed by atoms with Crippen LogP contribution in [0.5, 0.6) is 11.5 Å². The molecule has 0 atom stereocenters. The van der Waals surface area contributed by atoms with Crippen LogP contribution in [0.4, 0.5) is 4.39 Å². The number of rotatable bonds is 8. The summed E-state index contributed by atoms with van der Waals surface area (Å²) in [7, 11) is 1.64. The van der Waals surface area contributed by atoms with Gasteiger partial charge in [-0.2, -0.15) is 0 Å². The van der Waals surface area contributed by atoms with Gasteiger partial charge < -0.3 is 14.8 Å². The van der Waals surface area contributed by atoms with Crippen LogP contribution in [0.25, 0.3) is 0 Å². The van der Waals surface area contributed by atoms with Crippen molar-refractivity contribution in [3.05, 3.63) is 59.4 Å². The molecule has 0 spiro atoms. The van der Waals surface area contributed by atoms with Crippen LogP contribution >= 0.6 is 0 Å². The van der Waals surface area contributed by atoms with Crippen LogP contribution in [0, 0.1) is 5.82 Å². The van der Waals surface area contributed by atoms with Gasteiger partial charge in [0.05, 0.1) is 13.2 Å². The second kappa shape index (κ2) is 8.53. The molecule has 0 aliphatic heterocycles. The largest absolute Gasteiger partial charge is 0.493 e. The van der Waals surface area contributed by atoms with Crippen molar-refractivity contribution in [2.24, 2.45) is 0 Å². The maximum Gasteiger partial charge on any atom is 0.161 e. The van der Waals surface area contributed by atoms with E-state index in [1.807, 2.05) is 44.2 Å². The van der Waals surface area contributed by atoms with Gasteiger partial charge in [-0.05, 0) is 56.1 Å². The molecule has 124 valence electrons. The topological polar surface area (TPSA) is 30.5 Å². The van der Waals surface area contributed by atoms with E-state index in [-0.39, 0.29) is 11.9 Å². The van der Waals surface area contributed by atoms with E-state index < -0.39 is 0 Å². The van der Waals surface area contributed by atoms with Gasteiger partial charge >= 0.3 is 0 Å². The number of nitrogens with one attached hydrogen (secondary N) is 1. The van der Waals surface area contributed by atoms with Crippen molar-refractivity contribution >= 4 is 0 Å². The fourth-order valence-electron chi connectivity index (χ4n) is 2.33. The summed E-state index contributed by atoms with van der Waals surface area (Å²) in [6.45, 7) is 5.38. The zero-order chi connectivity index (χ0) is 16.7. The standard InChI is InChI=1S/C19H24FNO2/c1-14(2)23-18-9-8-15(12-19(18)22-3)13-21-11-10-16-6-4-5-7-17(16)20/h4-9,12,14,21H,10-11,13H2,1-3H3. The highest BCUT2D eigenvalue weighted by atomic mass is 19.1. The maximum absolute atomic E-state index is 13.5. The van der Waals surface area contributed by atoms with Gasteiger partial charge in [0.25, 0.3) is 0 Å². The van der Waals surface area contributed by atoms with Gasteiger partial charge in [-0.1, -0.05) is 24.3 Å². The first-order valence-corrected chi connectivity index (χ1v) is 7.88. The smallest absolute Gasteiger partial charge is 0.161 e. The molecule has 0 unspecified atom stereocenters. The Morgan fingerprint density at radius 2 is 1.87 bits per heavy atom. The fraction of sp³-hybridized carbons (Fsp3) is 0.368. The van der Waals surface area contributed by atoms with Crippen molar-refractivity contribution < 1.29 is 13.9 Å². The first-order chi connectivity index (χ1) is 11.1. The highest BCUT2D eigenvalue weighted by molar-refractivity contribution is 5.43. The molecule has 0 saturated heterocycles. The van der Waals surface area contributed by atoms with Crippen molar-refractivity contribution in [2.45, 2.75) is 32.9 Å². The van der Waals surface area contributed by atoms with Crippen LogP contribution in [-0.2, 0) is 13.0 Å². The Labute approximate surface area is 137 Å². The third kappa shape index (κ3) is 5.25. The Hall–Kier alpha value is -2.07. The normalized spacial score (nSPS) is 10.8. The van der Waals surface area contributed by atoms with Crippen molar-refractivity contribution in [1.82, 2.24) is 5.32 Å². The molecule has 2 aromatic carbocycles. The van der Waals surface area contributed by atoms with E-state index in [1.54, 1.807) is 13.2 Å². The molecule has 1 N–H and O–H groups in total. The average molecular weight is 317 g/mol. The molecule has 3 nitrogen and oxygen atoms in total. The molecule has 0 aliphatic rings. The molecule has 2 aromatic rings. The SMILES string of the molecule is COc1cc(CNCCc2ccccc2F)ccc1OC(C)C. The quantitative estimate of drug-likeness (QED) is 0.748. The van der Waals surface area contributed by atoms with Crippen LogP contribution < -0.4 is 14.8 Å². The molecule has 0 amide bonds. The van der Waals surface area contributed by atoms with Gasteiger partial charge in [-0.15, -0.1) is 0 Å². The van der Waals surface area contributed by atoms with E-state index in [0.717, 1.165) is 22.6 Å².